The van der Waals surface area contributed by atoms with E-state index < -0.39 is 5.97 Å². The van der Waals surface area contributed by atoms with Crippen molar-refractivity contribution in [3.63, 3.8) is 0 Å². The zero-order chi connectivity index (χ0) is 16.1. The van der Waals surface area contributed by atoms with Gasteiger partial charge in [0.1, 0.15) is 0 Å². The van der Waals surface area contributed by atoms with E-state index in [2.05, 4.69) is 5.32 Å². The lowest BCUT2D eigenvalue weighted by Gasteiger charge is -2.07. The van der Waals surface area contributed by atoms with Crippen LogP contribution >= 0.6 is 11.3 Å². The third-order valence-corrected chi connectivity index (χ3v) is 3.95. The van der Waals surface area contributed by atoms with Crippen LogP contribution in [0.4, 0.5) is 0 Å². The van der Waals surface area contributed by atoms with Crippen LogP contribution in [-0.4, -0.2) is 25.3 Å². The van der Waals surface area contributed by atoms with Crippen molar-refractivity contribution in [2.45, 2.75) is 13.0 Å². The molecule has 1 aliphatic heterocycles. The highest BCUT2D eigenvalue weighted by Gasteiger charge is 2.14. The quantitative estimate of drug-likeness (QED) is 0.817. The van der Waals surface area contributed by atoms with Crippen LogP contribution in [0.1, 0.15) is 11.1 Å². The first-order chi connectivity index (χ1) is 11.2. The van der Waals surface area contributed by atoms with Crippen molar-refractivity contribution < 1.29 is 23.8 Å². The van der Waals surface area contributed by atoms with Crippen LogP contribution in [0.3, 0.4) is 0 Å². The highest BCUT2D eigenvalue weighted by molar-refractivity contribution is 7.07. The van der Waals surface area contributed by atoms with Crippen molar-refractivity contribution in [3.8, 4) is 11.5 Å². The average Bonchev–Trinajstić information content (AvgIpc) is 3.21. The number of carbonyl (C=O) groups is 2. The summed E-state index contributed by atoms with van der Waals surface area (Å²) in [7, 11) is 0. The molecule has 2 heterocycles. The fraction of sp³-hybridized carbons (Fsp3) is 0.250. The predicted molar refractivity (Wildman–Crippen MR) is 83.4 cm³/mol. The van der Waals surface area contributed by atoms with Gasteiger partial charge in [-0.15, -0.1) is 0 Å². The van der Waals surface area contributed by atoms with E-state index in [4.69, 9.17) is 14.2 Å². The number of benzene rings is 1. The maximum atomic E-state index is 11.7. The molecule has 0 saturated heterocycles. The van der Waals surface area contributed by atoms with Crippen LogP contribution in [-0.2, 0) is 27.3 Å². The van der Waals surface area contributed by atoms with Gasteiger partial charge in [0.15, 0.2) is 18.1 Å². The van der Waals surface area contributed by atoms with E-state index in [-0.39, 0.29) is 25.7 Å². The third-order valence-electron chi connectivity index (χ3n) is 3.22. The topological polar surface area (TPSA) is 73.9 Å². The zero-order valence-corrected chi connectivity index (χ0v) is 13.1. The molecule has 120 valence electrons. The minimum Gasteiger partial charge on any atom is -0.455 e. The van der Waals surface area contributed by atoms with Gasteiger partial charge in [-0.3, -0.25) is 9.59 Å². The van der Waals surface area contributed by atoms with Crippen LogP contribution in [0.5, 0.6) is 11.5 Å². The Morgan fingerprint density at radius 2 is 2.04 bits per heavy atom. The summed E-state index contributed by atoms with van der Waals surface area (Å²) in [5.41, 5.74) is 1.77. The molecule has 1 aliphatic rings. The fourth-order valence-electron chi connectivity index (χ4n) is 2.06. The molecular formula is C16H15NO5S. The normalized spacial score (nSPS) is 12.0. The molecule has 0 spiro atoms. The summed E-state index contributed by atoms with van der Waals surface area (Å²) in [5.74, 6) is 0.601. The van der Waals surface area contributed by atoms with Crippen LogP contribution in [0.2, 0.25) is 0 Å². The molecule has 0 unspecified atom stereocenters. The molecule has 23 heavy (non-hydrogen) atoms. The first-order valence-corrected chi connectivity index (χ1v) is 7.97. The average molecular weight is 333 g/mol. The number of amides is 1. The summed E-state index contributed by atoms with van der Waals surface area (Å²) >= 11 is 1.51. The van der Waals surface area contributed by atoms with Gasteiger partial charge in [0.2, 0.25) is 6.79 Å². The van der Waals surface area contributed by atoms with Gasteiger partial charge in [-0.1, -0.05) is 6.07 Å². The molecule has 0 radical (unpaired) electrons. The Labute approximate surface area is 137 Å². The summed E-state index contributed by atoms with van der Waals surface area (Å²) in [6.07, 6.45) is 0.180. The Kier molecular flexibility index (Phi) is 4.77. The number of esters is 1. The number of rotatable bonds is 6. The van der Waals surface area contributed by atoms with Crippen LogP contribution < -0.4 is 14.8 Å². The molecule has 0 saturated carbocycles. The highest BCUT2D eigenvalue weighted by atomic mass is 32.1. The van der Waals surface area contributed by atoms with Crippen LogP contribution in [0, 0.1) is 0 Å². The summed E-state index contributed by atoms with van der Waals surface area (Å²) in [4.78, 5) is 23.3. The molecule has 0 fully saturated rings. The molecule has 0 aliphatic carbocycles. The number of thiophene rings is 1. The third kappa shape index (κ3) is 4.23. The first kappa shape index (κ1) is 15.4. The molecule has 1 aromatic heterocycles. The van der Waals surface area contributed by atoms with Crippen molar-refractivity contribution in [3.05, 3.63) is 46.2 Å². The van der Waals surface area contributed by atoms with Crippen molar-refractivity contribution >= 4 is 23.2 Å². The van der Waals surface area contributed by atoms with Gasteiger partial charge >= 0.3 is 5.97 Å². The second-order valence-electron chi connectivity index (χ2n) is 4.93. The molecular weight excluding hydrogens is 318 g/mol. The number of hydrogen-bond acceptors (Lipinski definition) is 6. The Morgan fingerprint density at radius 1 is 1.17 bits per heavy atom. The summed E-state index contributed by atoms with van der Waals surface area (Å²) in [6, 6.07) is 7.30. The second-order valence-corrected chi connectivity index (χ2v) is 5.71. The lowest BCUT2D eigenvalue weighted by atomic mass is 10.2. The van der Waals surface area contributed by atoms with E-state index in [0.717, 1.165) is 11.1 Å². The fourth-order valence-corrected chi connectivity index (χ4v) is 2.73. The smallest absolute Gasteiger partial charge is 0.310 e. The van der Waals surface area contributed by atoms with E-state index in [1.54, 1.807) is 6.07 Å². The number of ether oxygens (including phenoxy) is 3. The van der Waals surface area contributed by atoms with Gasteiger partial charge in [0, 0.05) is 6.54 Å². The van der Waals surface area contributed by atoms with E-state index in [9.17, 15) is 9.59 Å². The predicted octanol–water partition coefficient (Wildman–Crippen LogP) is 1.88. The number of nitrogens with one attached hydrogen (secondary N) is 1. The van der Waals surface area contributed by atoms with Crippen LogP contribution in [0.25, 0.3) is 0 Å². The SMILES string of the molecule is O=C(COC(=O)Cc1ccsc1)NCc1ccc2c(c1)OCO2. The first-order valence-electron chi connectivity index (χ1n) is 7.02. The van der Waals surface area contributed by atoms with Gasteiger partial charge in [-0.2, -0.15) is 11.3 Å². The van der Waals surface area contributed by atoms with Crippen LogP contribution in [0.15, 0.2) is 35.0 Å². The Balaban J connectivity index is 1.40. The van der Waals surface area contributed by atoms with Gasteiger partial charge < -0.3 is 19.5 Å². The summed E-state index contributed by atoms with van der Waals surface area (Å²) < 4.78 is 15.4. The van der Waals surface area contributed by atoms with Crippen molar-refractivity contribution in [1.82, 2.24) is 5.32 Å². The monoisotopic (exact) mass is 333 g/mol. The van der Waals surface area contributed by atoms with E-state index >= 15 is 0 Å². The number of fused-ring (bicyclic) bond motifs is 1. The van der Waals surface area contributed by atoms with Gasteiger partial charge in [0.05, 0.1) is 6.42 Å². The molecule has 6 nitrogen and oxygen atoms in total. The molecule has 0 atom stereocenters. The lowest BCUT2D eigenvalue weighted by molar-refractivity contribution is -0.147. The maximum Gasteiger partial charge on any atom is 0.310 e. The molecule has 7 heteroatoms. The standard InChI is InChI=1S/C16H15NO5S/c18-15(8-20-16(19)6-12-3-4-23-9-12)17-7-11-1-2-13-14(5-11)22-10-21-13/h1-5,9H,6-8,10H2,(H,17,18). The largest absolute Gasteiger partial charge is 0.455 e. The van der Waals surface area contributed by atoms with Gasteiger partial charge in [0.25, 0.3) is 5.91 Å². The minimum atomic E-state index is -0.415. The Hall–Kier alpha value is -2.54. The minimum absolute atomic E-state index is 0.180. The van der Waals surface area contributed by atoms with Crippen molar-refractivity contribution in [1.29, 1.82) is 0 Å². The van der Waals surface area contributed by atoms with Crippen molar-refractivity contribution in [2.24, 2.45) is 0 Å². The second kappa shape index (κ2) is 7.15. The Morgan fingerprint density at radius 3 is 2.87 bits per heavy atom. The summed E-state index contributed by atoms with van der Waals surface area (Å²) in [5, 5.41) is 6.46. The number of hydrogen-bond donors (Lipinski definition) is 1. The zero-order valence-electron chi connectivity index (χ0n) is 12.2. The highest BCUT2D eigenvalue weighted by Crippen LogP contribution is 2.32. The maximum absolute atomic E-state index is 11.7. The molecule has 3 rings (SSSR count). The van der Waals surface area contributed by atoms with E-state index in [1.165, 1.54) is 11.3 Å². The molecule has 1 aromatic carbocycles. The summed E-state index contributed by atoms with van der Waals surface area (Å²) in [6.45, 7) is 0.260. The van der Waals surface area contributed by atoms with Crippen molar-refractivity contribution in [2.75, 3.05) is 13.4 Å². The van der Waals surface area contributed by atoms with E-state index in [1.807, 2.05) is 29.0 Å². The molecule has 2 aromatic rings. The molecule has 0 bridgehead atoms. The molecule has 1 amide bonds. The number of carbonyl (C=O) groups excluding carboxylic acids is 2. The van der Waals surface area contributed by atoms with Gasteiger partial charge in [-0.05, 0) is 40.1 Å². The molecule has 1 N–H and O–H groups in total. The van der Waals surface area contributed by atoms with E-state index in [0.29, 0.717) is 18.0 Å². The lowest BCUT2D eigenvalue weighted by Crippen LogP contribution is -2.28. The van der Waals surface area contributed by atoms with Gasteiger partial charge in [-0.25, -0.2) is 0 Å². The Bertz CT molecular complexity index is 699.